The molecule has 0 aliphatic carbocycles. The Labute approximate surface area is 135 Å². The maximum absolute atomic E-state index is 12.7. The van der Waals surface area contributed by atoms with E-state index in [4.69, 9.17) is 11.6 Å². The van der Waals surface area contributed by atoms with Gasteiger partial charge in [-0.15, -0.1) is 0 Å². The number of nitrogens with zero attached hydrogens (tertiary/aromatic N) is 5. The smallest absolute Gasteiger partial charge is 0.368 e. The lowest BCUT2D eigenvalue weighted by Crippen LogP contribution is -2.47. The summed E-state index contributed by atoms with van der Waals surface area (Å²) >= 11 is 5.87. The van der Waals surface area contributed by atoms with E-state index < -0.39 is 11.9 Å². The molecule has 0 radical (unpaired) electrons. The van der Waals surface area contributed by atoms with Crippen LogP contribution in [0.15, 0.2) is 30.6 Å². The normalized spacial score (nSPS) is 15.8. The van der Waals surface area contributed by atoms with Crippen LogP contribution in [0.1, 0.15) is 5.69 Å². The van der Waals surface area contributed by atoms with E-state index in [0.717, 1.165) is 18.0 Å². The van der Waals surface area contributed by atoms with E-state index in [-0.39, 0.29) is 5.95 Å². The van der Waals surface area contributed by atoms with Crippen molar-refractivity contribution in [3.8, 4) is 0 Å². The molecule has 1 fully saturated rings. The van der Waals surface area contributed by atoms with Crippen molar-refractivity contribution in [1.82, 2.24) is 15.0 Å². The molecule has 0 bridgehead atoms. The van der Waals surface area contributed by atoms with Gasteiger partial charge in [-0.2, -0.15) is 13.2 Å². The molecule has 1 aliphatic rings. The van der Waals surface area contributed by atoms with Gasteiger partial charge in [-0.1, -0.05) is 11.6 Å². The number of piperazine rings is 1. The first kappa shape index (κ1) is 15.8. The van der Waals surface area contributed by atoms with Crippen LogP contribution < -0.4 is 9.80 Å². The molecule has 9 heteroatoms. The molecule has 0 amide bonds. The molecule has 5 nitrogen and oxygen atoms in total. The summed E-state index contributed by atoms with van der Waals surface area (Å²) in [6, 6.07) is 4.49. The third-order valence-electron chi connectivity index (χ3n) is 3.57. The Morgan fingerprint density at radius 3 is 2.26 bits per heavy atom. The molecule has 3 heterocycles. The predicted octanol–water partition coefficient (Wildman–Crippen LogP) is 2.87. The number of hydrogen-bond donors (Lipinski definition) is 0. The van der Waals surface area contributed by atoms with E-state index in [2.05, 4.69) is 19.9 Å². The molecule has 0 spiro atoms. The van der Waals surface area contributed by atoms with Crippen molar-refractivity contribution in [1.29, 1.82) is 0 Å². The standard InChI is InChI=1S/C14H13ClF3N5/c15-12-9-10(1-3-19-12)22-5-7-23(8-6-22)13-20-4-2-11(21-13)14(16,17)18/h1-4,9H,5-8H2. The van der Waals surface area contributed by atoms with E-state index in [9.17, 15) is 13.2 Å². The minimum Gasteiger partial charge on any atom is -0.368 e. The first-order valence-corrected chi connectivity index (χ1v) is 7.33. The van der Waals surface area contributed by atoms with Gasteiger partial charge >= 0.3 is 6.18 Å². The summed E-state index contributed by atoms with van der Waals surface area (Å²) < 4.78 is 38.2. The molecule has 0 atom stereocenters. The second kappa shape index (κ2) is 6.19. The number of alkyl halides is 3. The Morgan fingerprint density at radius 2 is 1.61 bits per heavy atom. The molecule has 0 saturated carbocycles. The van der Waals surface area contributed by atoms with Gasteiger partial charge in [-0.25, -0.2) is 15.0 Å². The second-order valence-electron chi connectivity index (χ2n) is 5.05. The molecule has 122 valence electrons. The lowest BCUT2D eigenvalue weighted by molar-refractivity contribution is -0.141. The molecule has 23 heavy (non-hydrogen) atoms. The summed E-state index contributed by atoms with van der Waals surface area (Å²) in [6.07, 6.45) is -1.70. The van der Waals surface area contributed by atoms with Gasteiger partial charge in [-0.05, 0) is 18.2 Å². The van der Waals surface area contributed by atoms with E-state index in [0.29, 0.717) is 31.3 Å². The van der Waals surface area contributed by atoms with Gasteiger partial charge in [-0.3, -0.25) is 0 Å². The van der Waals surface area contributed by atoms with E-state index >= 15 is 0 Å². The zero-order valence-electron chi connectivity index (χ0n) is 12.0. The highest BCUT2D eigenvalue weighted by molar-refractivity contribution is 6.29. The number of rotatable bonds is 2. The van der Waals surface area contributed by atoms with Crippen molar-refractivity contribution in [2.45, 2.75) is 6.18 Å². The van der Waals surface area contributed by atoms with Gasteiger partial charge in [0.15, 0.2) is 0 Å². The minimum atomic E-state index is -4.46. The summed E-state index contributed by atoms with van der Waals surface area (Å²) in [5.41, 5.74) is 0.0143. The van der Waals surface area contributed by atoms with Gasteiger partial charge in [0.05, 0.1) is 0 Å². The summed E-state index contributed by atoms with van der Waals surface area (Å²) in [4.78, 5) is 15.3. The molecule has 0 N–H and O–H groups in total. The topological polar surface area (TPSA) is 45.2 Å². The first-order chi connectivity index (χ1) is 10.9. The predicted molar refractivity (Wildman–Crippen MR) is 80.7 cm³/mol. The highest BCUT2D eigenvalue weighted by Gasteiger charge is 2.33. The Balaban J connectivity index is 1.70. The quantitative estimate of drug-likeness (QED) is 0.785. The van der Waals surface area contributed by atoms with Crippen LogP contribution in [0.2, 0.25) is 5.15 Å². The van der Waals surface area contributed by atoms with Crippen LogP contribution in [0.25, 0.3) is 0 Å². The SMILES string of the molecule is FC(F)(F)c1ccnc(N2CCN(c3ccnc(Cl)c3)CC2)n1. The van der Waals surface area contributed by atoms with Gasteiger partial charge in [0.1, 0.15) is 10.8 Å². The molecule has 2 aromatic heterocycles. The Morgan fingerprint density at radius 1 is 0.957 bits per heavy atom. The molecule has 0 aromatic carbocycles. The molecular weight excluding hydrogens is 331 g/mol. The monoisotopic (exact) mass is 343 g/mol. The number of halogens is 4. The Hall–Kier alpha value is -2.09. The zero-order chi connectivity index (χ0) is 16.4. The molecule has 1 saturated heterocycles. The maximum atomic E-state index is 12.7. The van der Waals surface area contributed by atoms with Crippen LogP contribution >= 0.6 is 11.6 Å². The maximum Gasteiger partial charge on any atom is 0.433 e. The fourth-order valence-electron chi connectivity index (χ4n) is 2.41. The minimum absolute atomic E-state index is 0.104. The highest BCUT2D eigenvalue weighted by Crippen LogP contribution is 2.28. The van der Waals surface area contributed by atoms with Crippen LogP contribution in [0.5, 0.6) is 0 Å². The van der Waals surface area contributed by atoms with Crippen molar-refractivity contribution >= 4 is 23.2 Å². The lowest BCUT2D eigenvalue weighted by Gasteiger charge is -2.36. The van der Waals surface area contributed by atoms with Crippen molar-refractivity contribution in [2.24, 2.45) is 0 Å². The van der Waals surface area contributed by atoms with Crippen LogP contribution in [-0.4, -0.2) is 41.1 Å². The van der Waals surface area contributed by atoms with E-state index in [1.165, 1.54) is 0 Å². The van der Waals surface area contributed by atoms with Gasteiger partial charge in [0.25, 0.3) is 0 Å². The molecule has 2 aromatic rings. The average Bonchev–Trinajstić information content (AvgIpc) is 2.54. The van der Waals surface area contributed by atoms with Crippen LogP contribution in [0.3, 0.4) is 0 Å². The van der Waals surface area contributed by atoms with Gasteiger partial charge in [0, 0.05) is 44.3 Å². The van der Waals surface area contributed by atoms with Crippen molar-refractivity contribution in [2.75, 3.05) is 36.0 Å². The third kappa shape index (κ3) is 3.64. The van der Waals surface area contributed by atoms with Crippen LogP contribution in [-0.2, 0) is 6.18 Å². The average molecular weight is 344 g/mol. The molecule has 1 aliphatic heterocycles. The summed E-state index contributed by atoms with van der Waals surface area (Å²) in [6.45, 7) is 2.34. The van der Waals surface area contributed by atoms with Crippen molar-refractivity contribution in [3.63, 3.8) is 0 Å². The van der Waals surface area contributed by atoms with Crippen LogP contribution in [0.4, 0.5) is 24.8 Å². The number of hydrogen-bond acceptors (Lipinski definition) is 5. The molecular formula is C14H13ClF3N5. The number of pyridine rings is 1. The first-order valence-electron chi connectivity index (χ1n) is 6.95. The van der Waals surface area contributed by atoms with E-state index in [1.54, 1.807) is 17.2 Å². The van der Waals surface area contributed by atoms with Crippen molar-refractivity contribution < 1.29 is 13.2 Å². The lowest BCUT2D eigenvalue weighted by atomic mass is 10.2. The Kier molecular flexibility index (Phi) is 4.25. The second-order valence-corrected chi connectivity index (χ2v) is 5.44. The number of anilines is 2. The summed E-state index contributed by atoms with van der Waals surface area (Å²) in [5.74, 6) is 0.104. The van der Waals surface area contributed by atoms with E-state index in [1.807, 2.05) is 6.07 Å². The zero-order valence-corrected chi connectivity index (χ0v) is 12.7. The summed E-state index contributed by atoms with van der Waals surface area (Å²) in [7, 11) is 0. The molecule has 3 rings (SSSR count). The van der Waals surface area contributed by atoms with Gasteiger partial charge in [0.2, 0.25) is 5.95 Å². The van der Waals surface area contributed by atoms with Crippen molar-refractivity contribution in [3.05, 3.63) is 41.4 Å². The third-order valence-corrected chi connectivity index (χ3v) is 3.78. The summed E-state index contributed by atoms with van der Waals surface area (Å²) in [5, 5.41) is 0.408. The van der Waals surface area contributed by atoms with Gasteiger partial charge < -0.3 is 9.80 Å². The van der Waals surface area contributed by atoms with Crippen LogP contribution in [0, 0.1) is 0 Å². The highest BCUT2D eigenvalue weighted by atomic mass is 35.5. The fourth-order valence-corrected chi connectivity index (χ4v) is 2.58. The number of aromatic nitrogens is 3. The molecule has 0 unspecified atom stereocenters. The fraction of sp³-hybridized carbons (Fsp3) is 0.357. The Bertz CT molecular complexity index is 686. The largest absolute Gasteiger partial charge is 0.433 e.